The number of Topliss-reactive ketones (excluding diaryl/α,β-unsaturated/α-hetero) is 1. The Kier molecular flexibility index (Phi) is 14.4. The summed E-state index contributed by atoms with van der Waals surface area (Å²) in [5, 5.41) is 0. The summed E-state index contributed by atoms with van der Waals surface area (Å²) in [6.07, 6.45) is 3.79. The Morgan fingerprint density at radius 2 is 1.82 bits per heavy atom. The molecule has 0 saturated heterocycles. The van der Waals surface area contributed by atoms with E-state index in [-0.39, 0.29) is 56.1 Å². The van der Waals surface area contributed by atoms with Crippen LogP contribution in [-0.4, -0.2) is 11.8 Å². The van der Waals surface area contributed by atoms with Crippen molar-refractivity contribution in [1.29, 1.82) is 0 Å². The van der Waals surface area contributed by atoms with Crippen molar-refractivity contribution in [3.8, 4) is 0 Å². The normalized spacial score (nSPS) is 22.3. The summed E-state index contributed by atoms with van der Waals surface area (Å²) in [4.78, 5) is 10.7. The van der Waals surface area contributed by atoms with E-state index in [4.69, 9.17) is 5.73 Å². The third-order valence-electron chi connectivity index (χ3n) is 1.60. The summed E-state index contributed by atoms with van der Waals surface area (Å²) in [7, 11) is 0. The van der Waals surface area contributed by atoms with Gasteiger partial charge in [-0.1, -0.05) is 6.42 Å². The molecule has 0 radical (unpaired) electrons. The van der Waals surface area contributed by atoms with Crippen molar-refractivity contribution in [3.05, 3.63) is 0 Å². The molecule has 0 aliphatic heterocycles. The van der Waals surface area contributed by atoms with Gasteiger partial charge in [0.05, 0.1) is 6.04 Å². The Hall–Kier alpha value is 0.833. The van der Waals surface area contributed by atoms with E-state index in [2.05, 4.69) is 0 Å². The minimum absolute atomic E-state index is 0. The van der Waals surface area contributed by atoms with Gasteiger partial charge >= 0.3 is 19.5 Å². The van der Waals surface area contributed by atoms with E-state index in [0.717, 1.165) is 19.3 Å². The molecule has 1 fully saturated rings. The minimum atomic E-state index is -0.135. The zero-order chi connectivity index (χ0) is 5.98. The van der Waals surface area contributed by atoms with Crippen LogP contribution < -0.4 is 30.5 Å². The van der Waals surface area contributed by atoms with Gasteiger partial charge < -0.3 is 30.5 Å². The molecule has 1 aliphatic rings. The molecule has 1 aliphatic carbocycles. The van der Waals surface area contributed by atoms with E-state index in [1.807, 2.05) is 0 Å². The van der Waals surface area contributed by atoms with Crippen LogP contribution in [0, 0.1) is 0 Å². The summed E-state index contributed by atoms with van der Waals surface area (Å²) in [6.45, 7) is 0. The standard InChI is InChI=1S/C6H11NO.2ClH.Zn/c7-5-3-1-2-4-6(5)8;;;/h5H,1-4,7H2;2*1H;/q;;;+2/p-2. The zero-order valence-corrected chi connectivity index (χ0v) is 10.8. The summed E-state index contributed by atoms with van der Waals surface area (Å²) < 4.78 is 0. The molecule has 62 valence electrons. The van der Waals surface area contributed by atoms with Gasteiger partial charge in [-0.2, -0.15) is 0 Å². The topological polar surface area (TPSA) is 43.1 Å². The second-order valence-corrected chi connectivity index (χ2v) is 2.32. The Bertz CT molecular complexity index is 113. The van der Waals surface area contributed by atoms with Gasteiger partial charge in [-0.05, 0) is 12.8 Å². The van der Waals surface area contributed by atoms with Crippen molar-refractivity contribution in [2.45, 2.75) is 31.7 Å². The van der Waals surface area contributed by atoms with Crippen LogP contribution in [0.4, 0.5) is 0 Å². The minimum Gasteiger partial charge on any atom is -1.00 e. The monoisotopic (exact) mass is 247 g/mol. The summed E-state index contributed by atoms with van der Waals surface area (Å²) >= 11 is 0. The maximum absolute atomic E-state index is 10.7. The first-order chi connectivity index (χ1) is 3.80. The molecule has 0 aromatic heterocycles. The van der Waals surface area contributed by atoms with Gasteiger partial charge in [-0.15, -0.1) is 0 Å². The fraction of sp³-hybridized carbons (Fsp3) is 0.833. The molecule has 0 spiro atoms. The van der Waals surface area contributed by atoms with Gasteiger partial charge in [0.2, 0.25) is 0 Å². The van der Waals surface area contributed by atoms with Gasteiger partial charge in [0.25, 0.3) is 0 Å². The van der Waals surface area contributed by atoms with Crippen molar-refractivity contribution in [2.75, 3.05) is 0 Å². The predicted molar refractivity (Wildman–Crippen MR) is 31.5 cm³/mol. The Morgan fingerprint density at radius 3 is 2.09 bits per heavy atom. The van der Waals surface area contributed by atoms with E-state index in [9.17, 15) is 4.79 Å². The second kappa shape index (κ2) is 8.93. The largest absolute Gasteiger partial charge is 2.00 e. The van der Waals surface area contributed by atoms with Crippen molar-refractivity contribution < 1.29 is 49.1 Å². The quantitative estimate of drug-likeness (QED) is 0.435. The molecule has 11 heavy (non-hydrogen) atoms. The van der Waals surface area contributed by atoms with E-state index in [1.165, 1.54) is 0 Å². The van der Waals surface area contributed by atoms with E-state index < -0.39 is 0 Å². The maximum Gasteiger partial charge on any atom is 2.00 e. The number of carbonyl (C=O) groups excluding carboxylic acids is 1. The smallest absolute Gasteiger partial charge is 1.00 e. The average Bonchev–Trinajstić information content (AvgIpc) is 1.77. The van der Waals surface area contributed by atoms with Crippen molar-refractivity contribution in [2.24, 2.45) is 5.73 Å². The fourth-order valence-corrected chi connectivity index (χ4v) is 1.01. The molecule has 1 atom stereocenters. The molecule has 0 heterocycles. The molecule has 0 aromatic rings. The summed E-state index contributed by atoms with van der Waals surface area (Å²) in [6, 6.07) is -0.135. The summed E-state index contributed by atoms with van der Waals surface area (Å²) in [5.74, 6) is 0.247. The predicted octanol–water partition coefficient (Wildman–Crippen LogP) is -5.54. The zero-order valence-electron chi connectivity index (χ0n) is 6.35. The third kappa shape index (κ3) is 6.04. The van der Waals surface area contributed by atoms with E-state index >= 15 is 0 Å². The van der Waals surface area contributed by atoms with Gasteiger partial charge in [0.1, 0.15) is 5.78 Å². The molecule has 0 bridgehead atoms. The van der Waals surface area contributed by atoms with Crippen LogP contribution in [-0.2, 0) is 24.3 Å². The van der Waals surface area contributed by atoms with Crippen LogP contribution in [0.2, 0.25) is 0 Å². The van der Waals surface area contributed by atoms with Gasteiger partial charge in [-0.25, -0.2) is 0 Å². The molecule has 1 unspecified atom stereocenters. The van der Waals surface area contributed by atoms with Crippen LogP contribution in [0.15, 0.2) is 0 Å². The number of halogens is 2. The van der Waals surface area contributed by atoms with Crippen molar-refractivity contribution in [1.82, 2.24) is 0 Å². The van der Waals surface area contributed by atoms with Crippen LogP contribution in [0.3, 0.4) is 0 Å². The van der Waals surface area contributed by atoms with Gasteiger partial charge in [0.15, 0.2) is 0 Å². The number of hydrogen-bond acceptors (Lipinski definition) is 2. The third-order valence-corrected chi connectivity index (χ3v) is 1.60. The van der Waals surface area contributed by atoms with Crippen LogP contribution in [0.25, 0.3) is 0 Å². The van der Waals surface area contributed by atoms with Crippen molar-refractivity contribution >= 4 is 5.78 Å². The molecule has 2 nitrogen and oxygen atoms in total. The van der Waals surface area contributed by atoms with Crippen LogP contribution in [0.1, 0.15) is 25.7 Å². The molecule has 2 N–H and O–H groups in total. The molecule has 0 amide bonds. The summed E-state index contributed by atoms with van der Waals surface area (Å²) in [5.41, 5.74) is 5.43. The van der Waals surface area contributed by atoms with Gasteiger partial charge in [0, 0.05) is 6.42 Å². The second-order valence-electron chi connectivity index (χ2n) is 2.32. The van der Waals surface area contributed by atoms with E-state index in [0.29, 0.717) is 6.42 Å². The Balaban J connectivity index is -0.000000213. The average molecular weight is 249 g/mol. The molecular formula is C6H11Cl2NOZn. The maximum atomic E-state index is 10.7. The van der Waals surface area contributed by atoms with Crippen LogP contribution >= 0.6 is 0 Å². The molecular weight excluding hydrogens is 238 g/mol. The SMILES string of the molecule is NC1CCCCC1=O.[Cl-].[Cl-].[Zn+2]. The molecule has 1 rings (SSSR count). The molecule has 5 heteroatoms. The van der Waals surface area contributed by atoms with Crippen LogP contribution in [0.5, 0.6) is 0 Å². The van der Waals surface area contributed by atoms with Crippen molar-refractivity contribution in [3.63, 3.8) is 0 Å². The first-order valence-electron chi connectivity index (χ1n) is 3.09. The molecule has 1 saturated carbocycles. The number of hydrogen-bond donors (Lipinski definition) is 1. The number of ketones is 1. The first kappa shape index (κ1) is 17.8. The number of nitrogens with two attached hydrogens (primary N) is 1. The number of rotatable bonds is 0. The Labute approximate surface area is 92.2 Å². The Morgan fingerprint density at radius 1 is 1.27 bits per heavy atom. The fourth-order valence-electron chi connectivity index (χ4n) is 1.01. The van der Waals surface area contributed by atoms with E-state index in [1.54, 1.807) is 0 Å². The first-order valence-corrected chi connectivity index (χ1v) is 3.09. The number of carbonyl (C=O) groups is 1. The van der Waals surface area contributed by atoms with Gasteiger partial charge in [-0.3, -0.25) is 4.79 Å². The molecule has 0 aromatic carbocycles.